The van der Waals surface area contributed by atoms with E-state index in [0.717, 1.165) is 26.1 Å². The Morgan fingerprint density at radius 3 is 2.67 bits per heavy atom. The van der Waals surface area contributed by atoms with Crippen molar-refractivity contribution < 1.29 is 9.53 Å². The third-order valence-corrected chi connectivity index (χ3v) is 4.24. The van der Waals surface area contributed by atoms with Gasteiger partial charge < -0.3 is 10.1 Å². The predicted molar refractivity (Wildman–Crippen MR) is 106 cm³/mol. The highest BCUT2D eigenvalue weighted by molar-refractivity contribution is 14.1. The molecule has 2 aromatic rings. The molecule has 0 saturated carbocycles. The average molecular weight is 437 g/mol. The second-order valence-corrected chi connectivity index (χ2v) is 6.41. The number of nitrogens with zero attached hydrogens (tertiary/aromatic N) is 1. The van der Waals surface area contributed by atoms with Crippen LogP contribution < -0.4 is 15.5 Å². The summed E-state index contributed by atoms with van der Waals surface area (Å²) < 4.78 is 6.49. The number of rotatable bonds is 5. The summed E-state index contributed by atoms with van der Waals surface area (Å²) in [5.41, 5.74) is 6.39. The Morgan fingerprint density at radius 1 is 1.21 bits per heavy atom. The summed E-state index contributed by atoms with van der Waals surface area (Å²) in [6.07, 6.45) is 1.60. The number of carbonyl (C=O) groups excluding carboxylic acids is 1. The molecule has 0 bridgehead atoms. The maximum atomic E-state index is 11.8. The van der Waals surface area contributed by atoms with Gasteiger partial charge in [0.2, 0.25) is 0 Å². The number of nitrogens with one attached hydrogen (secondary N) is 2. The van der Waals surface area contributed by atoms with E-state index in [1.807, 2.05) is 57.2 Å². The zero-order chi connectivity index (χ0) is 17.5. The van der Waals surface area contributed by atoms with Gasteiger partial charge in [0.05, 0.1) is 16.4 Å². The van der Waals surface area contributed by atoms with Gasteiger partial charge in [-0.2, -0.15) is 5.10 Å². The van der Waals surface area contributed by atoms with Gasteiger partial charge in [-0.25, -0.2) is 10.2 Å². The van der Waals surface area contributed by atoms with Crippen LogP contribution in [0.25, 0.3) is 0 Å². The number of hydrazone groups is 1. The molecule has 0 saturated heterocycles. The fourth-order valence-electron chi connectivity index (χ4n) is 2.01. The van der Waals surface area contributed by atoms with Gasteiger partial charge >= 0.3 is 6.03 Å². The van der Waals surface area contributed by atoms with E-state index in [2.05, 4.69) is 38.4 Å². The quantitative estimate of drug-likeness (QED) is 0.412. The molecule has 0 aliphatic rings. The third-order valence-electron chi connectivity index (χ3n) is 3.40. The molecule has 0 heterocycles. The van der Waals surface area contributed by atoms with Gasteiger partial charge in [-0.15, -0.1) is 0 Å². The molecule has 24 heavy (non-hydrogen) atoms. The molecule has 0 atom stereocenters. The monoisotopic (exact) mass is 437 g/mol. The van der Waals surface area contributed by atoms with E-state index in [1.165, 1.54) is 5.56 Å². The first-order valence-electron chi connectivity index (χ1n) is 7.59. The molecule has 2 rings (SSSR count). The lowest BCUT2D eigenvalue weighted by Crippen LogP contribution is -2.24. The van der Waals surface area contributed by atoms with Crippen LogP contribution in [0.5, 0.6) is 5.75 Å². The summed E-state index contributed by atoms with van der Waals surface area (Å²) in [7, 11) is 0. The molecule has 0 aliphatic heterocycles. The number of ether oxygens (including phenoxy) is 1. The Morgan fingerprint density at radius 2 is 2.00 bits per heavy atom. The van der Waals surface area contributed by atoms with E-state index in [4.69, 9.17) is 4.74 Å². The first kappa shape index (κ1) is 18.3. The van der Waals surface area contributed by atoms with Gasteiger partial charge in [0, 0.05) is 5.69 Å². The number of hydrogen-bond donors (Lipinski definition) is 2. The minimum Gasteiger partial charge on any atom is -0.493 e. The van der Waals surface area contributed by atoms with Crippen LogP contribution in [0, 0.1) is 17.4 Å². The lowest BCUT2D eigenvalue weighted by atomic mass is 10.1. The molecule has 6 heteroatoms. The average Bonchev–Trinajstić information content (AvgIpc) is 2.54. The number of urea groups is 1. The number of aryl methyl sites for hydroxylation is 2. The maximum Gasteiger partial charge on any atom is 0.339 e. The smallest absolute Gasteiger partial charge is 0.339 e. The van der Waals surface area contributed by atoms with E-state index in [-0.39, 0.29) is 6.03 Å². The topological polar surface area (TPSA) is 62.7 Å². The molecule has 0 fully saturated rings. The summed E-state index contributed by atoms with van der Waals surface area (Å²) in [6, 6.07) is 11.1. The van der Waals surface area contributed by atoms with Crippen LogP contribution in [0.4, 0.5) is 10.5 Å². The molecular weight excluding hydrogens is 417 g/mol. The highest BCUT2D eigenvalue weighted by atomic mass is 127. The Balaban J connectivity index is 1.92. The standard InChI is InChI=1S/C18H20IN3O2/c1-4-24-17-8-6-14(10-16(17)19)11-20-22-18(23)21-15-7-5-12(2)13(3)9-15/h5-11H,4H2,1-3H3,(H2,21,22,23)/b20-11+. The Kier molecular flexibility index (Phi) is 6.60. The third kappa shape index (κ3) is 5.23. The van der Waals surface area contributed by atoms with Crippen molar-refractivity contribution in [2.24, 2.45) is 5.10 Å². The van der Waals surface area contributed by atoms with Crippen molar-refractivity contribution in [3.63, 3.8) is 0 Å². The highest BCUT2D eigenvalue weighted by Crippen LogP contribution is 2.21. The van der Waals surface area contributed by atoms with E-state index in [1.54, 1.807) is 6.21 Å². The Labute approximate surface area is 155 Å². The molecule has 0 radical (unpaired) electrons. The van der Waals surface area contributed by atoms with Crippen molar-refractivity contribution in [2.75, 3.05) is 11.9 Å². The second-order valence-electron chi connectivity index (χ2n) is 5.25. The number of amides is 2. The van der Waals surface area contributed by atoms with Crippen LogP contribution in [-0.2, 0) is 0 Å². The summed E-state index contributed by atoms with van der Waals surface area (Å²) in [5, 5.41) is 6.71. The number of carbonyl (C=O) groups is 1. The molecule has 126 valence electrons. The molecule has 0 spiro atoms. The van der Waals surface area contributed by atoms with Gasteiger partial charge in [-0.1, -0.05) is 6.07 Å². The van der Waals surface area contributed by atoms with E-state index in [9.17, 15) is 4.79 Å². The van der Waals surface area contributed by atoms with Crippen LogP contribution in [0.3, 0.4) is 0 Å². The van der Waals surface area contributed by atoms with Crippen LogP contribution >= 0.6 is 22.6 Å². The minimum absolute atomic E-state index is 0.380. The van der Waals surface area contributed by atoms with Crippen molar-refractivity contribution >= 4 is 40.5 Å². The van der Waals surface area contributed by atoms with Crippen LogP contribution in [0.2, 0.25) is 0 Å². The van der Waals surface area contributed by atoms with Crippen LogP contribution in [-0.4, -0.2) is 18.9 Å². The van der Waals surface area contributed by atoms with Gasteiger partial charge in [0.15, 0.2) is 0 Å². The van der Waals surface area contributed by atoms with Gasteiger partial charge in [-0.3, -0.25) is 0 Å². The van der Waals surface area contributed by atoms with Crippen molar-refractivity contribution in [3.05, 3.63) is 56.7 Å². The Hall–Kier alpha value is -2.09. The maximum absolute atomic E-state index is 11.8. The minimum atomic E-state index is -0.380. The normalized spacial score (nSPS) is 10.7. The number of benzene rings is 2. The predicted octanol–water partition coefficient (Wildman–Crippen LogP) is 4.46. The van der Waals surface area contributed by atoms with Crippen LogP contribution in [0.1, 0.15) is 23.6 Å². The van der Waals surface area contributed by atoms with Gasteiger partial charge in [-0.05, 0) is 90.4 Å². The highest BCUT2D eigenvalue weighted by Gasteiger charge is 2.02. The lowest BCUT2D eigenvalue weighted by molar-refractivity contribution is 0.252. The number of anilines is 1. The van der Waals surface area contributed by atoms with Crippen molar-refractivity contribution in [1.29, 1.82) is 0 Å². The summed E-state index contributed by atoms with van der Waals surface area (Å²) in [6.45, 7) is 6.61. The number of halogens is 1. The summed E-state index contributed by atoms with van der Waals surface area (Å²) in [4.78, 5) is 11.8. The van der Waals surface area contributed by atoms with E-state index >= 15 is 0 Å². The molecule has 2 amide bonds. The number of hydrogen-bond acceptors (Lipinski definition) is 3. The Bertz CT molecular complexity index is 760. The fourth-order valence-corrected chi connectivity index (χ4v) is 2.71. The molecule has 0 unspecified atom stereocenters. The van der Waals surface area contributed by atoms with Gasteiger partial charge in [0.25, 0.3) is 0 Å². The molecule has 2 N–H and O–H groups in total. The van der Waals surface area contributed by atoms with Crippen LogP contribution in [0.15, 0.2) is 41.5 Å². The molecule has 2 aromatic carbocycles. The largest absolute Gasteiger partial charge is 0.493 e. The SMILES string of the molecule is CCOc1ccc(/C=N/NC(=O)Nc2ccc(C)c(C)c2)cc1I. The van der Waals surface area contributed by atoms with Crippen molar-refractivity contribution in [2.45, 2.75) is 20.8 Å². The molecule has 5 nitrogen and oxygen atoms in total. The van der Waals surface area contributed by atoms with E-state index < -0.39 is 0 Å². The first-order chi connectivity index (χ1) is 11.5. The molecule has 0 aromatic heterocycles. The summed E-state index contributed by atoms with van der Waals surface area (Å²) in [5.74, 6) is 0.843. The molecule has 0 aliphatic carbocycles. The zero-order valence-corrected chi connectivity index (χ0v) is 16.0. The zero-order valence-electron chi connectivity index (χ0n) is 13.9. The summed E-state index contributed by atoms with van der Waals surface area (Å²) >= 11 is 2.21. The van der Waals surface area contributed by atoms with Crippen molar-refractivity contribution in [3.8, 4) is 5.75 Å². The fraction of sp³-hybridized carbons (Fsp3) is 0.222. The molecular formula is C18H20IN3O2. The first-order valence-corrected chi connectivity index (χ1v) is 8.67. The van der Waals surface area contributed by atoms with Gasteiger partial charge in [0.1, 0.15) is 5.75 Å². The van der Waals surface area contributed by atoms with E-state index in [0.29, 0.717) is 6.61 Å². The van der Waals surface area contributed by atoms with Crippen molar-refractivity contribution in [1.82, 2.24) is 5.43 Å². The lowest BCUT2D eigenvalue weighted by Gasteiger charge is -2.07. The second kappa shape index (κ2) is 8.68.